The first-order chi connectivity index (χ1) is 37.0. The van der Waals surface area contributed by atoms with Crippen molar-refractivity contribution < 1.29 is 0 Å². The van der Waals surface area contributed by atoms with Crippen LogP contribution in [0.1, 0.15) is 212 Å². The van der Waals surface area contributed by atoms with Gasteiger partial charge >= 0.3 is 0 Å². The minimum atomic E-state index is -0.0329. The van der Waals surface area contributed by atoms with E-state index in [0.29, 0.717) is 0 Å². The minimum Gasteiger partial charge on any atom is -0.311 e. The van der Waals surface area contributed by atoms with Crippen LogP contribution in [-0.2, 0) is 43.3 Å². The molecule has 1 aromatic heterocycles. The number of anilines is 9. The van der Waals surface area contributed by atoms with Crippen molar-refractivity contribution in [3.05, 3.63) is 153 Å². The zero-order valence-corrected chi connectivity index (χ0v) is 52.3. The van der Waals surface area contributed by atoms with Gasteiger partial charge in [-0.3, -0.25) is 0 Å². The van der Waals surface area contributed by atoms with Gasteiger partial charge in [0, 0.05) is 47.9 Å². The molecule has 0 atom stereocenters. The van der Waals surface area contributed by atoms with Crippen LogP contribution >= 0.6 is 23.1 Å². The Labute approximate surface area is 483 Å². The average Bonchev–Trinajstić information content (AvgIpc) is 3.09. The Morgan fingerprint density at radius 1 is 0.380 bits per heavy atom. The maximum atomic E-state index is 2.85. The van der Waals surface area contributed by atoms with Crippen LogP contribution in [0.25, 0.3) is 0 Å². The second-order valence-electron chi connectivity index (χ2n) is 30.8. The predicted octanol–water partition coefficient (Wildman–Crippen LogP) is 19.5. The molecular formula is C73H84BN3S2. The van der Waals surface area contributed by atoms with E-state index in [-0.39, 0.29) is 50.0 Å². The third kappa shape index (κ3) is 7.43. The number of rotatable bonds is 3. The molecule has 14 rings (SSSR count). The molecule has 406 valence electrons. The number of para-hydroxylation sites is 2. The maximum absolute atomic E-state index is 2.85. The maximum Gasteiger partial charge on any atom is 0.264 e. The monoisotopic (exact) mass is 1080 g/mol. The number of aryl methyl sites for hydroxylation is 1. The minimum absolute atomic E-state index is 0.0243. The molecule has 4 heterocycles. The summed E-state index contributed by atoms with van der Waals surface area (Å²) in [4.78, 5) is 12.5. The molecular weight excluding hydrogens is 994 g/mol. The Bertz CT molecular complexity index is 3780. The van der Waals surface area contributed by atoms with Gasteiger partial charge in [0.15, 0.2) is 0 Å². The van der Waals surface area contributed by atoms with Crippen molar-refractivity contribution in [1.29, 1.82) is 0 Å². The van der Waals surface area contributed by atoms with Gasteiger partial charge in [-0.05, 0) is 218 Å². The summed E-state index contributed by atoms with van der Waals surface area (Å²) in [6.07, 6.45) is 9.41. The average molecular weight is 1080 g/mol. The molecule has 3 nitrogen and oxygen atoms in total. The SMILES string of the molecule is Cc1cccc2c1N(c1cc3c4c(c1)N(c1ccc5c(c1)C(C)(C)CCC5(C)C)c1c(sc5c1C(C)(C)CCC5(C)C)B4c1cc4c(cc1N3c1ccc3c(c1)C(C)(C)CCC3(C)C)C(C)(C)CCC4(C)C)c1ccccc1S2. The van der Waals surface area contributed by atoms with Crippen LogP contribution in [-0.4, -0.2) is 6.71 Å². The van der Waals surface area contributed by atoms with Gasteiger partial charge in [-0.25, -0.2) is 0 Å². The summed E-state index contributed by atoms with van der Waals surface area (Å²) in [5.74, 6) is 0. The molecule has 0 saturated carbocycles. The molecule has 0 unspecified atom stereocenters. The molecule has 7 aromatic rings. The van der Waals surface area contributed by atoms with Crippen LogP contribution < -0.4 is 30.4 Å². The number of nitrogens with zero attached hydrogens (tertiary/aromatic N) is 3. The Morgan fingerprint density at radius 2 is 0.848 bits per heavy atom. The van der Waals surface area contributed by atoms with Crippen LogP contribution in [0.2, 0.25) is 0 Å². The van der Waals surface area contributed by atoms with E-state index in [2.05, 4.69) is 247 Å². The fourth-order valence-corrected chi connectivity index (χ4v) is 19.0. The molecule has 7 aliphatic rings. The van der Waals surface area contributed by atoms with Crippen LogP contribution in [0.4, 0.5) is 51.2 Å². The fraction of sp³-hybridized carbons (Fsp3) is 0.452. The van der Waals surface area contributed by atoms with E-state index in [0.717, 1.165) is 6.42 Å². The van der Waals surface area contributed by atoms with Crippen LogP contribution in [0.15, 0.2) is 113 Å². The zero-order valence-electron chi connectivity index (χ0n) is 50.7. The highest BCUT2D eigenvalue weighted by molar-refractivity contribution is 7.99. The van der Waals surface area contributed by atoms with Gasteiger partial charge in [-0.1, -0.05) is 165 Å². The van der Waals surface area contributed by atoms with E-state index in [1.807, 2.05) is 11.8 Å². The molecule has 0 N–H and O–H groups in total. The van der Waals surface area contributed by atoms with E-state index >= 15 is 0 Å². The first-order valence-corrected chi connectivity index (χ1v) is 31.8. The first kappa shape index (κ1) is 51.9. The highest BCUT2D eigenvalue weighted by Gasteiger charge is 2.53. The van der Waals surface area contributed by atoms with E-state index in [1.54, 1.807) is 10.4 Å². The second kappa shape index (κ2) is 16.5. The lowest BCUT2D eigenvalue weighted by molar-refractivity contribution is 0.332. The van der Waals surface area contributed by atoms with Crippen molar-refractivity contribution in [3.8, 4) is 0 Å². The predicted molar refractivity (Wildman–Crippen MR) is 343 cm³/mol. The van der Waals surface area contributed by atoms with E-state index in [4.69, 9.17) is 0 Å². The normalized spacial score (nSPS) is 22.0. The summed E-state index contributed by atoms with van der Waals surface area (Å²) in [6, 6.07) is 42.3. The molecule has 4 aliphatic carbocycles. The van der Waals surface area contributed by atoms with Crippen molar-refractivity contribution >= 4 is 96.7 Å². The second-order valence-corrected chi connectivity index (χ2v) is 33.0. The molecule has 0 saturated heterocycles. The van der Waals surface area contributed by atoms with Gasteiger partial charge in [0.1, 0.15) is 0 Å². The van der Waals surface area contributed by atoms with Crippen molar-refractivity contribution in [2.75, 3.05) is 14.7 Å². The lowest BCUT2D eigenvalue weighted by Gasteiger charge is -2.48. The third-order valence-corrected chi connectivity index (χ3v) is 24.4. The fourth-order valence-electron chi connectivity index (χ4n) is 16.2. The van der Waals surface area contributed by atoms with Crippen molar-refractivity contribution in [3.63, 3.8) is 0 Å². The quantitative estimate of drug-likeness (QED) is 0.163. The van der Waals surface area contributed by atoms with E-state index in [1.165, 1.54) is 161 Å². The Hall–Kier alpha value is -5.17. The van der Waals surface area contributed by atoms with Crippen LogP contribution in [0, 0.1) is 6.92 Å². The third-order valence-electron chi connectivity index (χ3n) is 21.7. The number of fused-ring (bicyclic) bond motifs is 11. The molecule has 6 aromatic carbocycles. The summed E-state index contributed by atoms with van der Waals surface area (Å²) in [5, 5.41) is 0. The largest absolute Gasteiger partial charge is 0.311 e. The molecule has 0 amide bonds. The number of hydrogen-bond donors (Lipinski definition) is 0. The highest BCUT2D eigenvalue weighted by Crippen LogP contribution is 2.61. The Balaban J connectivity index is 1.17. The summed E-state index contributed by atoms with van der Waals surface area (Å²) in [5.41, 5.74) is 26.9. The summed E-state index contributed by atoms with van der Waals surface area (Å²) in [7, 11) is 0. The van der Waals surface area contributed by atoms with Crippen molar-refractivity contribution in [1.82, 2.24) is 0 Å². The van der Waals surface area contributed by atoms with Crippen LogP contribution in [0.3, 0.4) is 0 Å². The highest BCUT2D eigenvalue weighted by atomic mass is 32.2. The summed E-state index contributed by atoms with van der Waals surface area (Å²) in [6.45, 7) is 42.6. The van der Waals surface area contributed by atoms with Crippen molar-refractivity contribution in [2.45, 2.75) is 222 Å². The topological polar surface area (TPSA) is 9.72 Å². The lowest BCUT2D eigenvalue weighted by Crippen LogP contribution is -2.61. The molecule has 3 aliphatic heterocycles. The summed E-state index contributed by atoms with van der Waals surface area (Å²) >= 11 is 4.09. The van der Waals surface area contributed by atoms with Gasteiger partial charge < -0.3 is 14.7 Å². The standard InChI is InChI=1S/C73H84BN3S2/c1-43-21-20-24-59-62(43)77(54-22-18-19-23-58(54)78-59)46-39-56-61-57(40-46)76(45-26-28-48-50(38-45)69(8,9)32-30-67(48,4)5)63-60-64(73(16,17)36-35-72(60,14)15)79-65(63)74(61)53-41-51-52(71(12,13)34-33-70(51,10)11)42-55(53)75(56)44-25-27-47-49(37-44)68(6,7)31-29-66(47,2)3/h18-28,37-42H,29-36H2,1-17H3. The van der Waals surface area contributed by atoms with E-state index in [9.17, 15) is 0 Å². The Morgan fingerprint density at radius 3 is 1.44 bits per heavy atom. The van der Waals surface area contributed by atoms with Crippen LogP contribution in [0.5, 0.6) is 0 Å². The summed E-state index contributed by atoms with van der Waals surface area (Å²) < 4.78 is 1.52. The lowest BCUT2D eigenvalue weighted by atomic mass is 9.35. The first-order valence-electron chi connectivity index (χ1n) is 30.1. The molecule has 6 heteroatoms. The molecule has 0 spiro atoms. The molecule has 0 radical (unpaired) electrons. The number of thiophene rings is 1. The van der Waals surface area contributed by atoms with Crippen molar-refractivity contribution in [2.24, 2.45) is 0 Å². The van der Waals surface area contributed by atoms with Gasteiger partial charge in [0.05, 0.1) is 22.7 Å². The molecule has 0 bridgehead atoms. The van der Waals surface area contributed by atoms with Gasteiger partial charge in [-0.15, -0.1) is 0 Å². The van der Waals surface area contributed by atoms with Gasteiger partial charge in [0.2, 0.25) is 0 Å². The molecule has 0 fully saturated rings. The zero-order chi connectivity index (χ0) is 55.7. The van der Waals surface area contributed by atoms with Gasteiger partial charge in [-0.2, -0.15) is 11.3 Å². The van der Waals surface area contributed by atoms with E-state index < -0.39 is 0 Å². The number of hydrogen-bond acceptors (Lipinski definition) is 5. The van der Waals surface area contributed by atoms with Gasteiger partial charge in [0.25, 0.3) is 6.71 Å². The number of benzene rings is 6. The Kier molecular flexibility index (Phi) is 10.9. The smallest absolute Gasteiger partial charge is 0.264 e. The molecule has 79 heavy (non-hydrogen) atoms.